The normalized spacial score (nSPS) is 16.6. The average molecular weight is 361 g/mol. The molecule has 0 saturated carbocycles. The van der Waals surface area contributed by atoms with Crippen molar-refractivity contribution in [3.63, 3.8) is 0 Å². The number of likely N-dealkylation sites (tertiary alicyclic amines) is 1. The quantitative estimate of drug-likeness (QED) is 0.667. The summed E-state index contributed by atoms with van der Waals surface area (Å²) in [6, 6.07) is 7.49. The first kappa shape index (κ1) is 17.0. The van der Waals surface area contributed by atoms with Crippen LogP contribution >= 0.6 is 0 Å². The lowest BCUT2D eigenvalue weighted by molar-refractivity contribution is 0.0978. The SMILES string of the molecule is FC(F)Cn1ccc2c(OC3CCN(Cc4cnoc4)CC3)cccc21. The molecular weight excluding hydrogens is 340 g/mol. The Morgan fingerprint density at radius 1 is 1.23 bits per heavy atom. The first-order valence-corrected chi connectivity index (χ1v) is 8.82. The van der Waals surface area contributed by atoms with Crippen LogP contribution in [0.15, 0.2) is 47.4 Å². The molecule has 0 N–H and O–H groups in total. The summed E-state index contributed by atoms with van der Waals surface area (Å²) in [7, 11) is 0. The van der Waals surface area contributed by atoms with Gasteiger partial charge < -0.3 is 13.8 Å². The van der Waals surface area contributed by atoms with E-state index in [9.17, 15) is 8.78 Å². The van der Waals surface area contributed by atoms with E-state index in [1.807, 2.05) is 24.3 Å². The number of nitrogens with zero attached hydrogens (tertiary/aromatic N) is 3. The number of rotatable bonds is 6. The number of alkyl halides is 2. The van der Waals surface area contributed by atoms with Gasteiger partial charge in [-0.05, 0) is 31.0 Å². The lowest BCUT2D eigenvalue weighted by Crippen LogP contribution is -2.37. The largest absolute Gasteiger partial charge is 0.490 e. The van der Waals surface area contributed by atoms with Crippen LogP contribution in [0.1, 0.15) is 18.4 Å². The molecule has 3 aromatic rings. The van der Waals surface area contributed by atoms with E-state index in [-0.39, 0.29) is 12.6 Å². The zero-order valence-corrected chi connectivity index (χ0v) is 14.4. The third kappa shape index (κ3) is 3.72. The van der Waals surface area contributed by atoms with Gasteiger partial charge in [0.05, 0.1) is 18.3 Å². The molecule has 0 atom stereocenters. The number of hydrogen-bond acceptors (Lipinski definition) is 4. The molecule has 1 fully saturated rings. The van der Waals surface area contributed by atoms with Crippen LogP contribution in [0.5, 0.6) is 5.75 Å². The summed E-state index contributed by atoms with van der Waals surface area (Å²) in [4.78, 5) is 2.35. The van der Waals surface area contributed by atoms with Gasteiger partial charge >= 0.3 is 0 Å². The van der Waals surface area contributed by atoms with Crippen LogP contribution in [-0.4, -0.2) is 40.2 Å². The minimum atomic E-state index is -2.37. The molecule has 26 heavy (non-hydrogen) atoms. The van der Waals surface area contributed by atoms with Crippen LogP contribution in [-0.2, 0) is 13.1 Å². The first-order valence-electron chi connectivity index (χ1n) is 8.82. The summed E-state index contributed by atoms with van der Waals surface area (Å²) >= 11 is 0. The molecule has 3 heterocycles. The molecule has 1 aliphatic heterocycles. The highest BCUT2D eigenvalue weighted by molar-refractivity contribution is 5.86. The van der Waals surface area contributed by atoms with E-state index in [1.54, 1.807) is 23.2 Å². The third-order valence-corrected chi connectivity index (χ3v) is 4.83. The van der Waals surface area contributed by atoms with Gasteiger partial charge in [0, 0.05) is 36.8 Å². The molecule has 0 bridgehead atoms. The third-order valence-electron chi connectivity index (χ3n) is 4.83. The van der Waals surface area contributed by atoms with E-state index in [0.29, 0.717) is 0 Å². The standard InChI is InChI=1S/C19H21F2N3O2/c20-19(21)12-24-9-6-16-17(24)2-1-3-18(16)26-15-4-7-23(8-5-15)11-14-10-22-25-13-14/h1-3,6,9-10,13,15,19H,4-5,7-8,11-12H2. The fraction of sp³-hybridized carbons (Fsp3) is 0.421. The molecule has 138 valence electrons. The molecule has 0 aliphatic carbocycles. The second-order valence-electron chi connectivity index (χ2n) is 6.67. The van der Waals surface area contributed by atoms with Gasteiger partial charge in [0.2, 0.25) is 0 Å². The lowest BCUT2D eigenvalue weighted by Gasteiger charge is -2.31. The minimum absolute atomic E-state index is 0.137. The van der Waals surface area contributed by atoms with Gasteiger partial charge in [-0.2, -0.15) is 0 Å². The Morgan fingerprint density at radius 2 is 2.08 bits per heavy atom. The van der Waals surface area contributed by atoms with Gasteiger partial charge in [-0.1, -0.05) is 11.2 Å². The van der Waals surface area contributed by atoms with E-state index in [2.05, 4.69) is 10.1 Å². The molecule has 1 aromatic carbocycles. The van der Waals surface area contributed by atoms with E-state index >= 15 is 0 Å². The number of hydrogen-bond donors (Lipinski definition) is 0. The molecule has 4 rings (SSSR count). The second-order valence-corrected chi connectivity index (χ2v) is 6.67. The molecule has 2 aromatic heterocycles. The van der Waals surface area contributed by atoms with Crippen molar-refractivity contribution in [3.05, 3.63) is 48.5 Å². The maximum Gasteiger partial charge on any atom is 0.256 e. The van der Waals surface area contributed by atoms with Gasteiger partial charge in [-0.25, -0.2) is 8.78 Å². The van der Waals surface area contributed by atoms with Crippen molar-refractivity contribution in [2.24, 2.45) is 0 Å². The molecule has 1 saturated heterocycles. The summed E-state index contributed by atoms with van der Waals surface area (Å²) in [5.74, 6) is 0.771. The smallest absolute Gasteiger partial charge is 0.256 e. The Morgan fingerprint density at radius 3 is 2.81 bits per heavy atom. The predicted octanol–water partition coefficient (Wildman–Crippen LogP) is 3.94. The van der Waals surface area contributed by atoms with Gasteiger partial charge in [0.1, 0.15) is 18.1 Å². The molecule has 0 spiro atoms. The Kier molecular flexibility index (Phi) is 4.88. The average Bonchev–Trinajstić information content (AvgIpc) is 3.27. The monoisotopic (exact) mass is 361 g/mol. The van der Waals surface area contributed by atoms with Gasteiger partial charge in [0.25, 0.3) is 6.43 Å². The van der Waals surface area contributed by atoms with Gasteiger partial charge in [-0.3, -0.25) is 4.90 Å². The number of fused-ring (bicyclic) bond motifs is 1. The van der Waals surface area contributed by atoms with Crippen molar-refractivity contribution in [1.29, 1.82) is 0 Å². The topological polar surface area (TPSA) is 43.4 Å². The van der Waals surface area contributed by atoms with Crippen molar-refractivity contribution in [2.45, 2.75) is 38.5 Å². The second kappa shape index (κ2) is 7.45. The first-order chi connectivity index (χ1) is 12.7. The van der Waals surface area contributed by atoms with Crippen LogP contribution < -0.4 is 4.74 Å². The molecule has 7 heteroatoms. The summed E-state index contributed by atoms with van der Waals surface area (Å²) < 4.78 is 38.1. The number of halogens is 2. The van der Waals surface area contributed by atoms with E-state index in [4.69, 9.17) is 9.26 Å². The fourth-order valence-electron chi connectivity index (χ4n) is 3.53. The van der Waals surface area contributed by atoms with Gasteiger partial charge in [-0.15, -0.1) is 0 Å². The van der Waals surface area contributed by atoms with Crippen LogP contribution in [0, 0.1) is 0 Å². The summed E-state index contributed by atoms with van der Waals surface area (Å²) in [5.41, 5.74) is 1.86. The maximum absolute atomic E-state index is 12.7. The van der Waals surface area contributed by atoms with E-state index in [1.165, 1.54) is 0 Å². The predicted molar refractivity (Wildman–Crippen MR) is 93.4 cm³/mol. The number of piperidine rings is 1. The summed E-state index contributed by atoms with van der Waals surface area (Å²) in [6.45, 7) is 2.42. The Balaban J connectivity index is 1.39. The molecule has 1 aliphatic rings. The number of ether oxygens (including phenoxy) is 1. The molecular formula is C19H21F2N3O2. The maximum atomic E-state index is 12.7. The van der Waals surface area contributed by atoms with Crippen LogP contribution in [0.4, 0.5) is 8.78 Å². The lowest BCUT2D eigenvalue weighted by atomic mass is 10.1. The van der Waals surface area contributed by atoms with Crippen molar-refractivity contribution in [2.75, 3.05) is 13.1 Å². The van der Waals surface area contributed by atoms with Crippen molar-refractivity contribution < 1.29 is 18.0 Å². The summed E-state index contributed by atoms with van der Waals surface area (Å²) in [5, 5.41) is 4.62. The molecule has 0 unspecified atom stereocenters. The van der Waals surface area contributed by atoms with Crippen molar-refractivity contribution >= 4 is 10.9 Å². The number of aromatic nitrogens is 2. The van der Waals surface area contributed by atoms with Crippen LogP contribution in [0.3, 0.4) is 0 Å². The Bertz CT molecular complexity index is 840. The van der Waals surface area contributed by atoms with Gasteiger partial charge in [0.15, 0.2) is 0 Å². The Labute approximate surface area is 150 Å². The Hall–Kier alpha value is -2.41. The van der Waals surface area contributed by atoms with E-state index < -0.39 is 6.43 Å². The molecule has 0 amide bonds. The fourth-order valence-corrected chi connectivity index (χ4v) is 3.53. The van der Waals surface area contributed by atoms with Crippen LogP contribution in [0.2, 0.25) is 0 Å². The molecule has 5 nitrogen and oxygen atoms in total. The molecule has 0 radical (unpaired) electrons. The van der Waals surface area contributed by atoms with Crippen LogP contribution in [0.25, 0.3) is 10.9 Å². The summed E-state index contributed by atoms with van der Waals surface area (Å²) in [6.07, 6.45) is 4.74. The highest BCUT2D eigenvalue weighted by Crippen LogP contribution is 2.29. The highest BCUT2D eigenvalue weighted by atomic mass is 19.3. The zero-order valence-electron chi connectivity index (χ0n) is 14.4. The zero-order chi connectivity index (χ0) is 17.9. The number of benzene rings is 1. The van der Waals surface area contributed by atoms with Crippen molar-refractivity contribution in [3.8, 4) is 5.75 Å². The van der Waals surface area contributed by atoms with E-state index in [0.717, 1.165) is 54.7 Å². The highest BCUT2D eigenvalue weighted by Gasteiger charge is 2.22. The minimum Gasteiger partial charge on any atom is -0.490 e. The van der Waals surface area contributed by atoms with Crippen molar-refractivity contribution in [1.82, 2.24) is 14.6 Å².